The lowest BCUT2D eigenvalue weighted by molar-refractivity contribution is -0.197. The van der Waals surface area contributed by atoms with Crippen LogP contribution in [-0.4, -0.2) is 32.4 Å². The second-order valence-electron chi connectivity index (χ2n) is 3.09. The quantitative estimate of drug-likeness (QED) is 0.408. The van der Waals surface area contributed by atoms with Crippen LogP contribution in [0.4, 0.5) is 0 Å². The first kappa shape index (κ1) is 11.4. The molecule has 0 spiro atoms. The van der Waals surface area contributed by atoms with Crippen LogP contribution in [0.2, 0.25) is 0 Å². The average molecular weight is 213 g/mol. The zero-order valence-electron chi connectivity index (χ0n) is 7.66. The van der Waals surface area contributed by atoms with Gasteiger partial charge in [-0.3, -0.25) is 4.79 Å². The largest absolute Gasteiger partial charge is 0.508 e. The molecular weight excluding hydrogens is 202 g/mol. The molecule has 0 aromatic heterocycles. The van der Waals surface area contributed by atoms with Gasteiger partial charge in [-0.15, -0.1) is 0 Å². The number of carboxylic acids is 1. The minimum absolute atomic E-state index is 0.0709. The van der Waals surface area contributed by atoms with E-state index in [4.69, 9.17) is 15.9 Å². The molecule has 0 aliphatic heterocycles. The van der Waals surface area contributed by atoms with Gasteiger partial charge in [0.05, 0.1) is 0 Å². The summed E-state index contributed by atoms with van der Waals surface area (Å²) in [4.78, 5) is 10.5. The average Bonchev–Trinajstić information content (AvgIpc) is 2.17. The van der Waals surface area contributed by atoms with Crippen LogP contribution in [-0.2, 0) is 10.6 Å². The molecule has 0 aliphatic rings. The Labute approximate surface area is 85.2 Å². The van der Waals surface area contributed by atoms with Crippen molar-refractivity contribution in [2.75, 3.05) is 0 Å². The molecule has 1 atom stereocenters. The summed E-state index contributed by atoms with van der Waals surface area (Å²) in [6, 6.07) is 2.90. The molecule has 0 aliphatic carbocycles. The number of phenolic OH excluding ortho intramolecular Hbond substituents is 1. The number of aromatic hydroxyl groups is 1. The minimum Gasteiger partial charge on any atom is -0.508 e. The first-order chi connectivity index (χ1) is 6.85. The highest BCUT2D eigenvalue weighted by atomic mass is 16.5. The van der Waals surface area contributed by atoms with Crippen molar-refractivity contribution < 1.29 is 25.2 Å². The van der Waals surface area contributed by atoms with Gasteiger partial charge in [0, 0.05) is 5.56 Å². The van der Waals surface area contributed by atoms with E-state index >= 15 is 0 Å². The van der Waals surface area contributed by atoms with E-state index in [0.717, 1.165) is 0 Å². The van der Waals surface area contributed by atoms with Gasteiger partial charge < -0.3 is 26.2 Å². The lowest BCUT2D eigenvalue weighted by Gasteiger charge is -2.25. The third-order valence-electron chi connectivity index (χ3n) is 1.99. The van der Waals surface area contributed by atoms with Gasteiger partial charge >= 0.3 is 5.97 Å². The second-order valence-corrected chi connectivity index (χ2v) is 3.09. The van der Waals surface area contributed by atoms with Crippen LogP contribution in [0.25, 0.3) is 0 Å². The van der Waals surface area contributed by atoms with Crippen molar-refractivity contribution in [2.24, 2.45) is 5.73 Å². The van der Waals surface area contributed by atoms with Crippen molar-refractivity contribution in [3.8, 4) is 5.75 Å². The molecule has 0 saturated carbocycles. The Kier molecular flexibility index (Phi) is 2.94. The molecule has 6 nitrogen and oxygen atoms in total. The number of benzene rings is 1. The molecule has 0 fully saturated rings. The third kappa shape index (κ3) is 2.24. The van der Waals surface area contributed by atoms with E-state index in [0.29, 0.717) is 0 Å². The number of aliphatic carboxylic acids is 1. The van der Waals surface area contributed by atoms with Crippen LogP contribution in [0, 0.1) is 0 Å². The Morgan fingerprint density at radius 2 is 1.73 bits per heavy atom. The number of nitrogens with two attached hydrogens (primary N) is 1. The van der Waals surface area contributed by atoms with E-state index in [1.165, 1.54) is 24.3 Å². The zero-order chi connectivity index (χ0) is 11.6. The molecule has 0 amide bonds. The maximum Gasteiger partial charge on any atom is 0.326 e. The molecule has 0 saturated heterocycles. The van der Waals surface area contributed by atoms with Gasteiger partial charge in [0.1, 0.15) is 5.75 Å². The number of rotatable bonds is 3. The normalized spacial score (nSPS) is 13.5. The van der Waals surface area contributed by atoms with E-state index in [-0.39, 0.29) is 11.3 Å². The molecule has 1 aromatic carbocycles. The number of hydrogen-bond donors (Lipinski definition) is 5. The summed E-state index contributed by atoms with van der Waals surface area (Å²) in [5, 5.41) is 36.5. The first-order valence-electron chi connectivity index (χ1n) is 4.08. The topological polar surface area (TPSA) is 124 Å². The van der Waals surface area contributed by atoms with Crippen molar-refractivity contribution in [3.05, 3.63) is 29.8 Å². The van der Waals surface area contributed by atoms with Gasteiger partial charge in [0.2, 0.25) is 5.79 Å². The maximum atomic E-state index is 10.5. The standard InChI is InChI=1S/C9H11NO5/c10-7(8(12)13)9(14,15)5-1-3-6(11)4-2-5/h1-4,7,11,14-15H,10H2,(H,12,13). The molecule has 6 N–H and O–H groups in total. The molecule has 0 bridgehead atoms. The number of hydrogen-bond acceptors (Lipinski definition) is 5. The van der Waals surface area contributed by atoms with Crippen molar-refractivity contribution in [1.29, 1.82) is 0 Å². The summed E-state index contributed by atoms with van der Waals surface area (Å²) in [5.74, 6) is -4.27. The van der Waals surface area contributed by atoms with Crippen LogP contribution in [0.3, 0.4) is 0 Å². The van der Waals surface area contributed by atoms with Crippen LogP contribution in [0.15, 0.2) is 24.3 Å². The molecule has 0 radical (unpaired) electrons. The van der Waals surface area contributed by atoms with Crippen LogP contribution < -0.4 is 5.73 Å². The Bertz CT molecular complexity index is 359. The summed E-state index contributed by atoms with van der Waals surface area (Å²) in [5.41, 5.74) is 5.00. The number of carbonyl (C=O) groups is 1. The molecule has 6 heteroatoms. The van der Waals surface area contributed by atoms with Gasteiger partial charge in [-0.1, -0.05) is 0 Å². The Morgan fingerprint density at radius 3 is 2.13 bits per heavy atom. The molecule has 0 heterocycles. The summed E-state index contributed by atoms with van der Waals surface area (Å²) >= 11 is 0. The molecule has 82 valence electrons. The second kappa shape index (κ2) is 3.85. The van der Waals surface area contributed by atoms with E-state index in [1.807, 2.05) is 0 Å². The fourth-order valence-corrected chi connectivity index (χ4v) is 1.06. The summed E-state index contributed by atoms with van der Waals surface area (Å²) in [6.07, 6.45) is 0. The predicted octanol–water partition coefficient (Wildman–Crippen LogP) is -1.06. The zero-order valence-corrected chi connectivity index (χ0v) is 7.66. The van der Waals surface area contributed by atoms with Gasteiger partial charge in [-0.25, -0.2) is 0 Å². The van der Waals surface area contributed by atoms with Crippen molar-refractivity contribution >= 4 is 5.97 Å². The monoisotopic (exact) mass is 213 g/mol. The highest BCUT2D eigenvalue weighted by Gasteiger charge is 2.38. The van der Waals surface area contributed by atoms with E-state index in [1.54, 1.807) is 0 Å². The van der Waals surface area contributed by atoms with Gasteiger partial charge in [0.15, 0.2) is 6.04 Å². The third-order valence-corrected chi connectivity index (χ3v) is 1.99. The molecule has 1 unspecified atom stereocenters. The molecule has 1 aromatic rings. The van der Waals surface area contributed by atoms with E-state index in [9.17, 15) is 15.0 Å². The van der Waals surface area contributed by atoms with E-state index < -0.39 is 17.8 Å². The Morgan fingerprint density at radius 1 is 1.27 bits per heavy atom. The molecule has 1 rings (SSSR count). The number of aliphatic hydroxyl groups is 2. The van der Waals surface area contributed by atoms with Crippen LogP contribution >= 0.6 is 0 Å². The fourth-order valence-electron chi connectivity index (χ4n) is 1.06. The summed E-state index contributed by atoms with van der Waals surface area (Å²) < 4.78 is 0. The number of carboxylic acid groups (broad SMARTS) is 1. The van der Waals surface area contributed by atoms with Crippen molar-refractivity contribution in [2.45, 2.75) is 11.8 Å². The lowest BCUT2D eigenvalue weighted by atomic mass is 9.99. The Hall–Kier alpha value is -1.63. The predicted molar refractivity (Wildman–Crippen MR) is 49.8 cm³/mol. The Balaban J connectivity index is 3.05. The summed E-state index contributed by atoms with van der Waals surface area (Å²) in [7, 11) is 0. The van der Waals surface area contributed by atoms with Crippen LogP contribution in [0.5, 0.6) is 5.75 Å². The lowest BCUT2D eigenvalue weighted by Crippen LogP contribution is -2.50. The molecular formula is C9H11NO5. The van der Waals surface area contributed by atoms with Crippen LogP contribution in [0.1, 0.15) is 5.56 Å². The highest BCUT2D eigenvalue weighted by Crippen LogP contribution is 2.23. The van der Waals surface area contributed by atoms with Gasteiger partial charge in [-0.2, -0.15) is 0 Å². The van der Waals surface area contributed by atoms with Crippen molar-refractivity contribution in [3.63, 3.8) is 0 Å². The van der Waals surface area contributed by atoms with Gasteiger partial charge in [0.25, 0.3) is 0 Å². The number of phenols is 1. The van der Waals surface area contributed by atoms with E-state index in [2.05, 4.69) is 0 Å². The molecule has 15 heavy (non-hydrogen) atoms. The highest BCUT2D eigenvalue weighted by molar-refractivity contribution is 5.74. The van der Waals surface area contributed by atoms with Crippen molar-refractivity contribution in [1.82, 2.24) is 0 Å². The minimum atomic E-state index is -2.67. The summed E-state index contributed by atoms with van der Waals surface area (Å²) in [6.45, 7) is 0. The fraction of sp³-hybridized carbons (Fsp3) is 0.222. The maximum absolute atomic E-state index is 10.5. The SMILES string of the molecule is NC(C(=O)O)C(O)(O)c1ccc(O)cc1. The van der Waals surface area contributed by atoms with Gasteiger partial charge in [-0.05, 0) is 24.3 Å². The first-order valence-corrected chi connectivity index (χ1v) is 4.08. The smallest absolute Gasteiger partial charge is 0.326 e.